The van der Waals surface area contributed by atoms with Crippen LogP contribution in [0.25, 0.3) is 83.0 Å². The van der Waals surface area contributed by atoms with Crippen LogP contribution in [0.2, 0.25) is 0 Å². The number of imidazole rings is 1. The number of hydrogen-bond donors (Lipinski definition) is 0. The summed E-state index contributed by atoms with van der Waals surface area (Å²) in [4.78, 5) is 8.10. The van der Waals surface area contributed by atoms with Crippen LogP contribution < -0.4 is 15.7 Å². The first-order chi connectivity index (χ1) is 29.8. The smallest absolute Gasteiger partial charge is 0.333 e. The third-order valence-corrected chi connectivity index (χ3v) is 15.1. The second kappa shape index (κ2) is 11.9. The summed E-state index contributed by atoms with van der Waals surface area (Å²) in [7, 11) is 2.16. The van der Waals surface area contributed by atoms with Crippen LogP contribution in [0, 0.1) is 0 Å². The summed E-state index contributed by atoms with van der Waals surface area (Å²) in [5.41, 5.74) is 20.8. The number of anilines is 2. The molecule has 0 radical (unpaired) electrons. The summed E-state index contributed by atoms with van der Waals surface area (Å²) >= 11 is 0. The number of rotatable bonds is 2. The van der Waals surface area contributed by atoms with E-state index in [1.54, 1.807) is 0 Å². The van der Waals surface area contributed by atoms with E-state index in [1.807, 2.05) is 0 Å². The van der Waals surface area contributed by atoms with Crippen molar-refractivity contribution >= 4 is 83.9 Å². The van der Waals surface area contributed by atoms with Gasteiger partial charge in [-0.25, -0.2) is 4.98 Å². The topological polar surface area (TPSA) is 39.1 Å². The fourth-order valence-electron chi connectivity index (χ4n) is 11.6. The average Bonchev–Trinajstić information content (AvgIpc) is 3.91. The monoisotopic (exact) mass is 804 g/mol. The van der Waals surface area contributed by atoms with Crippen molar-refractivity contribution in [2.45, 2.75) is 77.6 Å². The Bertz CT molecular complexity index is 3580. The van der Waals surface area contributed by atoms with Gasteiger partial charge >= 0.3 is 6.85 Å². The first kappa shape index (κ1) is 36.2. The van der Waals surface area contributed by atoms with Crippen molar-refractivity contribution in [3.63, 3.8) is 0 Å². The van der Waals surface area contributed by atoms with Crippen molar-refractivity contribution < 1.29 is 4.42 Å². The zero-order valence-corrected chi connectivity index (χ0v) is 36.8. The van der Waals surface area contributed by atoms with Gasteiger partial charge in [0.25, 0.3) is 0 Å². The highest BCUT2D eigenvalue weighted by Crippen LogP contribution is 2.53. The molecule has 3 aliphatic rings. The molecule has 0 N–H and O–H groups in total. The van der Waals surface area contributed by atoms with Crippen molar-refractivity contribution in [1.82, 2.24) is 14.1 Å². The van der Waals surface area contributed by atoms with E-state index in [9.17, 15) is 0 Å². The Morgan fingerprint density at radius 2 is 1.35 bits per heavy atom. The number of benzene rings is 7. The lowest BCUT2D eigenvalue weighted by atomic mass is 9.43. The van der Waals surface area contributed by atoms with Crippen molar-refractivity contribution in [3.8, 4) is 28.2 Å². The summed E-state index contributed by atoms with van der Waals surface area (Å²) in [6, 6.07) is 48.0. The molecule has 0 saturated heterocycles. The second-order valence-electron chi connectivity index (χ2n) is 20.7. The zero-order chi connectivity index (χ0) is 42.2. The van der Waals surface area contributed by atoms with Crippen molar-refractivity contribution in [1.29, 1.82) is 0 Å². The summed E-state index contributed by atoms with van der Waals surface area (Å²) in [5.74, 6) is 0.965. The maximum atomic E-state index is 6.62. The van der Waals surface area contributed by atoms with E-state index >= 15 is 0 Å². The summed E-state index contributed by atoms with van der Waals surface area (Å²) in [6.45, 7) is 16.6. The number of furan rings is 1. The number of nitrogens with zero attached hydrogens (tertiary/aromatic N) is 4. The molecule has 1 aliphatic carbocycles. The maximum Gasteiger partial charge on any atom is 0.333 e. The molecule has 5 nitrogen and oxygen atoms in total. The average molecular weight is 805 g/mol. The Morgan fingerprint density at radius 1 is 0.629 bits per heavy atom. The number of aromatic nitrogens is 3. The third kappa shape index (κ3) is 4.73. The van der Waals surface area contributed by atoms with Gasteiger partial charge in [-0.1, -0.05) is 121 Å². The zero-order valence-electron chi connectivity index (χ0n) is 36.8. The van der Waals surface area contributed by atoms with Gasteiger partial charge < -0.3 is 18.4 Å². The molecule has 0 spiro atoms. The van der Waals surface area contributed by atoms with Crippen LogP contribution in [0.15, 0.2) is 132 Å². The first-order valence-electron chi connectivity index (χ1n) is 22.3. The van der Waals surface area contributed by atoms with E-state index in [2.05, 4.69) is 197 Å². The molecule has 0 unspecified atom stereocenters. The van der Waals surface area contributed by atoms with Gasteiger partial charge in [0, 0.05) is 62.8 Å². The molecule has 302 valence electrons. The quantitative estimate of drug-likeness (QED) is 0.163. The minimum Gasteiger partial charge on any atom is -0.456 e. The van der Waals surface area contributed by atoms with Gasteiger partial charge in [-0.2, -0.15) is 0 Å². The molecule has 6 heteroatoms. The predicted molar refractivity (Wildman–Crippen MR) is 261 cm³/mol. The lowest BCUT2D eigenvalue weighted by molar-refractivity contribution is 0.332. The number of hydrogen-bond acceptors (Lipinski definition) is 3. The molecule has 0 amide bonds. The molecule has 7 aromatic carbocycles. The Kier molecular flexibility index (Phi) is 6.93. The summed E-state index contributed by atoms with van der Waals surface area (Å²) < 4.78 is 11.5. The van der Waals surface area contributed by atoms with Crippen LogP contribution in [-0.2, 0) is 23.3 Å². The Labute approximate surface area is 362 Å². The van der Waals surface area contributed by atoms with E-state index < -0.39 is 0 Å². The molecule has 62 heavy (non-hydrogen) atoms. The fourth-order valence-corrected chi connectivity index (χ4v) is 11.6. The summed E-state index contributed by atoms with van der Waals surface area (Å²) in [6.07, 6.45) is 2.33. The van der Waals surface area contributed by atoms with Crippen LogP contribution in [0.5, 0.6) is 0 Å². The summed E-state index contributed by atoms with van der Waals surface area (Å²) in [5, 5.41) is 4.81. The molecule has 0 atom stereocenters. The fraction of sp³-hybridized carbons (Fsp3) is 0.232. The van der Waals surface area contributed by atoms with Crippen LogP contribution in [0.3, 0.4) is 0 Å². The lowest BCUT2D eigenvalue weighted by Crippen LogP contribution is -2.60. The molecule has 2 aliphatic heterocycles. The van der Waals surface area contributed by atoms with Gasteiger partial charge in [-0.05, 0) is 111 Å². The molecular formula is C56H49BN4O. The molecule has 10 aromatic rings. The van der Waals surface area contributed by atoms with E-state index in [0.29, 0.717) is 0 Å². The van der Waals surface area contributed by atoms with Gasteiger partial charge in [0.05, 0.1) is 22.1 Å². The first-order valence-corrected chi connectivity index (χ1v) is 22.3. The second-order valence-corrected chi connectivity index (χ2v) is 20.7. The standard InChI is InChI=1S/C56H49BN4O/c1-54(2,3)33-18-20-34(21-19-33)61-46-28-42-41(55(4,5)24-25-56(42,6)7)27-39(46)36-22-23-37-38-26-40-35-16-12-13-17-49(35)62-50(40)31-45(38)60-47-30-48-44(29-43(47)57(61)51(36)52(37)60)58-53(59(48)8)32-14-10-9-11-15-32/h9-23,26-31H,24-25H2,1-8H3. The van der Waals surface area contributed by atoms with Gasteiger partial charge in [-0.3, -0.25) is 0 Å². The molecular weight excluding hydrogens is 755 g/mol. The molecule has 5 heterocycles. The highest BCUT2D eigenvalue weighted by molar-refractivity contribution is 6.93. The third-order valence-electron chi connectivity index (χ3n) is 15.1. The van der Waals surface area contributed by atoms with Gasteiger partial charge in [0.1, 0.15) is 17.0 Å². The van der Waals surface area contributed by atoms with Crippen molar-refractivity contribution in [2.24, 2.45) is 7.05 Å². The minimum absolute atomic E-state index is 0.0374. The SMILES string of the molecule is Cn1c(-c2ccccc2)nc2cc3c(cc21)-n1c2cc4oc5ccccc5c4cc2c2ccc4c(c21)B3N(c1ccc(C(C)(C)C)cc1)c1cc2c(cc1-4)C(C)(C)CCC2(C)C. The largest absolute Gasteiger partial charge is 0.456 e. The lowest BCUT2D eigenvalue weighted by Gasteiger charge is -2.46. The van der Waals surface area contributed by atoms with E-state index in [-0.39, 0.29) is 23.1 Å². The van der Waals surface area contributed by atoms with E-state index in [0.717, 1.165) is 56.3 Å². The maximum absolute atomic E-state index is 6.62. The van der Waals surface area contributed by atoms with Gasteiger partial charge in [0.15, 0.2) is 0 Å². The van der Waals surface area contributed by atoms with E-state index in [4.69, 9.17) is 9.40 Å². The van der Waals surface area contributed by atoms with Gasteiger partial charge in [0.2, 0.25) is 0 Å². The Hall–Kier alpha value is -6.53. The minimum atomic E-state index is -0.110. The van der Waals surface area contributed by atoms with Crippen LogP contribution >= 0.6 is 0 Å². The highest BCUT2D eigenvalue weighted by atomic mass is 16.3. The van der Waals surface area contributed by atoms with Crippen LogP contribution in [0.1, 0.15) is 78.0 Å². The van der Waals surface area contributed by atoms with Crippen molar-refractivity contribution in [2.75, 3.05) is 4.81 Å². The highest BCUT2D eigenvalue weighted by Gasteiger charge is 2.46. The number of aryl methyl sites for hydroxylation is 1. The molecule has 3 aromatic heterocycles. The van der Waals surface area contributed by atoms with Crippen molar-refractivity contribution in [3.05, 3.63) is 144 Å². The normalized spacial score (nSPS) is 16.1. The molecule has 0 bridgehead atoms. The predicted octanol–water partition coefficient (Wildman–Crippen LogP) is 13.1. The van der Waals surface area contributed by atoms with Crippen LogP contribution in [0.4, 0.5) is 11.4 Å². The number of para-hydroxylation sites is 1. The van der Waals surface area contributed by atoms with Gasteiger partial charge in [-0.15, -0.1) is 0 Å². The van der Waals surface area contributed by atoms with Crippen LogP contribution in [-0.4, -0.2) is 21.0 Å². The molecule has 0 saturated carbocycles. The Morgan fingerprint density at radius 3 is 2.11 bits per heavy atom. The molecule has 0 fully saturated rings. The Balaban J connectivity index is 1.19. The molecule has 13 rings (SSSR count). The van der Waals surface area contributed by atoms with E-state index in [1.165, 1.54) is 78.5 Å². The number of fused-ring (bicyclic) bond motifs is 13.